The van der Waals surface area contributed by atoms with E-state index < -0.39 is 0 Å². The number of likely N-dealkylation sites (tertiary alicyclic amines) is 1. The molecule has 3 rings (SSSR count). The first-order valence-electron chi connectivity index (χ1n) is 9.19. The van der Waals surface area contributed by atoms with E-state index in [1.807, 2.05) is 24.3 Å². The summed E-state index contributed by atoms with van der Waals surface area (Å²) in [6.45, 7) is 4.18. The van der Waals surface area contributed by atoms with E-state index in [0.29, 0.717) is 21.5 Å². The highest BCUT2D eigenvalue weighted by molar-refractivity contribution is 7.80. The number of benzene rings is 2. The van der Waals surface area contributed by atoms with Crippen molar-refractivity contribution in [2.24, 2.45) is 5.92 Å². The van der Waals surface area contributed by atoms with Gasteiger partial charge in [0.15, 0.2) is 6.61 Å². The number of nitrogens with one attached hydrogen (secondary N) is 1. The van der Waals surface area contributed by atoms with E-state index in [4.69, 9.17) is 40.2 Å². The van der Waals surface area contributed by atoms with Crippen LogP contribution in [0, 0.1) is 5.92 Å². The van der Waals surface area contributed by atoms with Gasteiger partial charge in [-0.1, -0.05) is 42.3 Å². The molecule has 1 fully saturated rings. The van der Waals surface area contributed by atoms with Crippen LogP contribution < -0.4 is 10.1 Å². The minimum Gasteiger partial charge on any atom is -0.484 e. The van der Waals surface area contributed by atoms with Gasteiger partial charge in [-0.15, -0.1) is 0 Å². The van der Waals surface area contributed by atoms with Crippen molar-refractivity contribution < 1.29 is 9.53 Å². The first-order chi connectivity index (χ1) is 13.4. The van der Waals surface area contributed by atoms with E-state index in [9.17, 15) is 4.79 Å². The van der Waals surface area contributed by atoms with Gasteiger partial charge in [0.2, 0.25) is 0 Å². The third-order valence-electron chi connectivity index (χ3n) is 4.69. The molecule has 2 aromatic rings. The van der Waals surface area contributed by atoms with Crippen molar-refractivity contribution in [3.8, 4) is 5.75 Å². The van der Waals surface area contributed by atoms with Gasteiger partial charge in [0.25, 0.3) is 5.91 Å². The lowest BCUT2D eigenvalue weighted by Crippen LogP contribution is -2.37. The molecule has 1 aliphatic heterocycles. The molecule has 1 amide bonds. The highest BCUT2D eigenvalue weighted by atomic mass is 35.5. The van der Waals surface area contributed by atoms with E-state index in [2.05, 4.69) is 17.1 Å². The van der Waals surface area contributed by atoms with Crippen LogP contribution in [0.2, 0.25) is 10.0 Å². The summed E-state index contributed by atoms with van der Waals surface area (Å²) in [6, 6.07) is 12.4. The summed E-state index contributed by atoms with van der Waals surface area (Å²) < 4.78 is 5.56. The predicted molar refractivity (Wildman–Crippen MR) is 119 cm³/mol. The van der Waals surface area contributed by atoms with Crippen LogP contribution in [0.15, 0.2) is 42.5 Å². The molecule has 0 atom stereocenters. The molecular formula is C21H22Cl2N2O2S. The maximum atomic E-state index is 12.1. The van der Waals surface area contributed by atoms with Crippen molar-refractivity contribution in [3.05, 3.63) is 58.1 Å². The van der Waals surface area contributed by atoms with Crippen molar-refractivity contribution in [2.45, 2.75) is 19.8 Å². The van der Waals surface area contributed by atoms with E-state index in [0.717, 1.165) is 29.6 Å². The van der Waals surface area contributed by atoms with E-state index in [1.54, 1.807) is 18.2 Å². The van der Waals surface area contributed by atoms with Crippen molar-refractivity contribution >= 4 is 52.0 Å². The summed E-state index contributed by atoms with van der Waals surface area (Å²) in [5.41, 5.74) is 1.53. The smallest absolute Gasteiger partial charge is 0.262 e. The van der Waals surface area contributed by atoms with Crippen LogP contribution in [0.1, 0.15) is 25.3 Å². The molecule has 7 heteroatoms. The number of carbonyl (C=O) groups excluding carboxylic acids is 1. The van der Waals surface area contributed by atoms with Crippen LogP contribution in [0.3, 0.4) is 0 Å². The Morgan fingerprint density at radius 1 is 1.14 bits per heavy atom. The fourth-order valence-electron chi connectivity index (χ4n) is 3.06. The SMILES string of the molecule is CC1CCN(C(=S)c2ccc(OCC(=O)Nc3cc(Cl)cc(Cl)c3)cc2)CC1. The van der Waals surface area contributed by atoms with Crippen molar-refractivity contribution in [1.82, 2.24) is 4.90 Å². The molecule has 0 radical (unpaired) electrons. The van der Waals surface area contributed by atoms with Gasteiger partial charge in [0, 0.05) is 34.4 Å². The lowest BCUT2D eigenvalue weighted by Gasteiger charge is -2.32. The fourth-order valence-corrected chi connectivity index (χ4v) is 3.90. The number of nitrogens with zero attached hydrogens (tertiary/aromatic N) is 1. The van der Waals surface area contributed by atoms with Crippen LogP contribution >= 0.6 is 35.4 Å². The molecule has 0 bridgehead atoms. The Labute approximate surface area is 180 Å². The minimum atomic E-state index is -0.291. The van der Waals surface area contributed by atoms with Crippen LogP contribution in [-0.2, 0) is 4.79 Å². The number of halogens is 2. The lowest BCUT2D eigenvalue weighted by atomic mass is 9.99. The van der Waals surface area contributed by atoms with Gasteiger partial charge in [-0.2, -0.15) is 0 Å². The highest BCUT2D eigenvalue weighted by Gasteiger charge is 2.18. The number of carbonyl (C=O) groups is 1. The van der Waals surface area contributed by atoms with Gasteiger partial charge in [0.1, 0.15) is 10.7 Å². The molecule has 0 saturated carbocycles. The van der Waals surface area contributed by atoms with Crippen LogP contribution in [0.25, 0.3) is 0 Å². The summed E-state index contributed by atoms with van der Waals surface area (Å²) in [6.07, 6.45) is 2.35. The van der Waals surface area contributed by atoms with E-state index >= 15 is 0 Å². The zero-order valence-electron chi connectivity index (χ0n) is 15.6. The third-order valence-corrected chi connectivity index (χ3v) is 5.62. The Kier molecular flexibility index (Phi) is 7.16. The normalized spacial score (nSPS) is 14.6. The topological polar surface area (TPSA) is 41.6 Å². The zero-order valence-corrected chi connectivity index (χ0v) is 17.9. The molecule has 1 saturated heterocycles. The summed E-state index contributed by atoms with van der Waals surface area (Å²) in [5.74, 6) is 1.09. The first kappa shape index (κ1) is 20.9. The molecule has 148 valence electrons. The fraction of sp³-hybridized carbons (Fsp3) is 0.333. The molecule has 1 aliphatic rings. The Balaban J connectivity index is 1.51. The largest absolute Gasteiger partial charge is 0.484 e. The number of piperidine rings is 1. The predicted octanol–water partition coefficient (Wildman–Crippen LogP) is 5.42. The van der Waals surface area contributed by atoms with Crippen LogP contribution in [0.4, 0.5) is 5.69 Å². The second kappa shape index (κ2) is 9.59. The van der Waals surface area contributed by atoms with E-state index in [-0.39, 0.29) is 12.5 Å². The number of hydrogen-bond acceptors (Lipinski definition) is 3. The molecule has 4 nitrogen and oxygen atoms in total. The Morgan fingerprint density at radius 3 is 2.36 bits per heavy atom. The first-order valence-corrected chi connectivity index (χ1v) is 10.4. The summed E-state index contributed by atoms with van der Waals surface area (Å²) in [4.78, 5) is 15.2. The molecular weight excluding hydrogens is 415 g/mol. The minimum absolute atomic E-state index is 0.113. The second-order valence-electron chi connectivity index (χ2n) is 6.99. The quantitative estimate of drug-likeness (QED) is 0.635. The number of ether oxygens (including phenoxy) is 1. The van der Waals surface area contributed by atoms with Gasteiger partial charge in [-0.05, 0) is 61.2 Å². The second-order valence-corrected chi connectivity index (χ2v) is 8.25. The molecule has 28 heavy (non-hydrogen) atoms. The zero-order chi connectivity index (χ0) is 20.1. The van der Waals surface area contributed by atoms with E-state index in [1.165, 1.54) is 12.8 Å². The number of thiocarbonyl (C=S) groups is 1. The lowest BCUT2D eigenvalue weighted by molar-refractivity contribution is -0.118. The standard InChI is InChI=1S/C21H22Cl2N2O2S/c1-14-6-8-25(9-7-14)21(28)15-2-4-19(5-3-15)27-13-20(26)24-18-11-16(22)10-17(23)12-18/h2-5,10-12,14H,6-9,13H2,1H3,(H,24,26). The molecule has 0 aliphatic carbocycles. The number of hydrogen-bond donors (Lipinski definition) is 1. The highest BCUT2D eigenvalue weighted by Crippen LogP contribution is 2.23. The maximum Gasteiger partial charge on any atom is 0.262 e. The van der Waals surface area contributed by atoms with Crippen LogP contribution in [-0.4, -0.2) is 35.5 Å². The number of anilines is 1. The Hall–Kier alpha value is -1.82. The molecule has 0 spiro atoms. The van der Waals surface area contributed by atoms with Gasteiger partial charge < -0.3 is 15.0 Å². The third kappa shape index (κ3) is 5.84. The molecule has 2 aromatic carbocycles. The molecule has 0 unspecified atom stereocenters. The summed E-state index contributed by atoms with van der Waals surface area (Å²) in [7, 11) is 0. The maximum absolute atomic E-state index is 12.1. The molecule has 0 aromatic heterocycles. The Morgan fingerprint density at radius 2 is 1.75 bits per heavy atom. The summed E-state index contributed by atoms with van der Waals surface area (Å²) >= 11 is 17.5. The Bertz CT molecular complexity index is 830. The van der Waals surface area contributed by atoms with Crippen molar-refractivity contribution in [2.75, 3.05) is 25.0 Å². The monoisotopic (exact) mass is 436 g/mol. The number of rotatable bonds is 5. The summed E-state index contributed by atoms with van der Waals surface area (Å²) in [5, 5.41) is 3.62. The van der Waals surface area contributed by atoms with Crippen molar-refractivity contribution in [3.63, 3.8) is 0 Å². The average molecular weight is 437 g/mol. The van der Waals surface area contributed by atoms with Crippen molar-refractivity contribution in [1.29, 1.82) is 0 Å². The van der Waals surface area contributed by atoms with Crippen LogP contribution in [0.5, 0.6) is 5.75 Å². The van der Waals surface area contributed by atoms with Gasteiger partial charge in [-0.25, -0.2) is 0 Å². The molecule has 1 N–H and O–H groups in total. The van der Waals surface area contributed by atoms with Gasteiger partial charge in [0.05, 0.1) is 0 Å². The van der Waals surface area contributed by atoms with Gasteiger partial charge in [-0.3, -0.25) is 4.79 Å². The average Bonchev–Trinajstić information content (AvgIpc) is 2.66. The molecule has 1 heterocycles. The number of amides is 1. The van der Waals surface area contributed by atoms with Gasteiger partial charge >= 0.3 is 0 Å².